The van der Waals surface area contributed by atoms with Crippen molar-refractivity contribution in [2.75, 3.05) is 33.2 Å². The van der Waals surface area contributed by atoms with E-state index in [9.17, 15) is 0 Å². The largest absolute Gasteiger partial charge is 0.304 e. The Morgan fingerprint density at radius 1 is 1.43 bits per heavy atom. The molecule has 1 fully saturated rings. The van der Waals surface area contributed by atoms with Gasteiger partial charge in [-0.15, -0.1) is 0 Å². The summed E-state index contributed by atoms with van der Waals surface area (Å²) in [6.07, 6.45) is 4.12. The lowest BCUT2D eigenvalue weighted by atomic mass is 10.3. The van der Waals surface area contributed by atoms with Crippen molar-refractivity contribution < 1.29 is 0 Å². The van der Waals surface area contributed by atoms with E-state index in [0.29, 0.717) is 5.17 Å². The molecule has 2 aliphatic rings. The molecule has 4 nitrogen and oxygen atoms in total. The van der Waals surface area contributed by atoms with Crippen molar-refractivity contribution in [3.63, 3.8) is 0 Å². The van der Waals surface area contributed by atoms with Crippen LogP contribution in [0.3, 0.4) is 0 Å². The minimum atomic E-state index is 0.214. The van der Waals surface area contributed by atoms with E-state index < -0.39 is 0 Å². The van der Waals surface area contributed by atoms with Gasteiger partial charge in [0.25, 0.3) is 0 Å². The van der Waals surface area contributed by atoms with Gasteiger partial charge in [0.1, 0.15) is 11.3 Å². The van der Waals surface area contributed by atoms with Gasteiger partial charge in [-0.25, -0.2) is 0 Å². The summed E-state index contributed by atoms with van der Waals surface area (Å²) >= 11 is 5.72. The fourth-order valence-corrected chi connectivity index (χ4v) is 1.80. The van der Waals surface area contributed by atoms with Crippen LogP contribution in [0.4, 0.5) is 0 Å². The van der Waals surface area contributed by atoms with Crippen LogP contribution in [0.25, 0.3) is 0 Å². The number of nitrogens with zero attached hydrogens (tertiary/aromatic N) is 3. The van der Waals surface area contributed by atoms with Gasteiger partial charge >= 0.3 is 0 Å². The quantitative estimate of drug-likeness (QED) is 0.680. The van der Waals surface area contributed by atoms with Gasteiger partial charge in [0.15, 0.2) is 0 Å². The van der Waals surface area contributed by atoms with Gasteiger partial charge in [-0.2, -0.15) is 5.10 Å². The summed E-state index contributed by atoms with van der Waals surface area (Å²) in [5.74, 6) is 0. The van der Waals surface area contributed by atoms with Crippen molar-refractivity contribution >= 4 is 16.8 Å². The van der Waals surface area contributed by atoms with Crippen molar-refractivity contribution in [3.8, 4) is 0 Å². The Kier molecular flexibility index (Phi) is 3.05. The van der Waals surface area contributed by atoms with E-state index in [1.54, 1.807) is 0 Å². The van der Waals surface area contributed by atoms with Crippen LogP contribution in [0.5, 0.6) is 0 Å². The molecule has 1 atom stereocenters. The molecule has 2 heterocycles. The Labute approximate surface area is 89.2 Å². The highest BCUT2D eigenvalue weighted by atomic mass is 35.5. The second-order valence-corrected chi connectivity index (χ2v) is 4.09. The summed E-state index contributed by atoms with van der Waals surface area (Å²) in [7, 11) is 2.15. The van der Waals surface area contributed by atoms with E-state index in [2.05, 4.69) is 33.5 Å². The zero-order chi connectivity index (χ0) is 9.97. The number of hydrazone groups is 1. The highest BCUT2D eigenvalue weighted by Crippen LogP contribution is 2.07. The second-order valence-electron chi connectivity index (χ2n) is 3.71. The summed E-state index contributed by atoms with van der Waals surface area (Å²) in [5.41, 5.74) is 3.03. The van der Waals surface area contributed by atoms with E-state index in [1.165, 1.54) is 0 Å². The second kappa shape index (κ2) is 4.29. The molecule has 0 bridgehead atoms. The number of rotatable bonds is 1. The lowest BCUT2D eigenvalue weighted by Crippen LogP contribution is -2.52. The summed E-state index contributed by atoms with van der Waals surface area (Å²) in [6, 6.07) is 0. The van der Waals surface area contributed by atoms with Gasteiger partial charge in [0, 0.05) is 26.2 Å². The Balaban J connectivity index is 1.88. The summed E-state index contributed by atoms with van der Waals surface area (Å²) in [4.78, 5) is 4.70. The average molecular weight is 215 g/mol. The monoisotopic (exact) mass is 214 g/mol. The topological polar surface area (TPSA) is 30.9 Å². The molecular weight excluding hydrogens is 200 g/mol. The van der Waals surface area contributed by atoms with Gasteiger partial charge in [0.05, 0.1) is 0 Å². The van der Waals surface area contributed by atoms with Crippen LogP contribution in [0.1, 0.15) is 0 Å². The number of piperazine rings is 1. The van der Waals surface area contributed by atoms with Gasteiger partial charge in [-0.05, 0) is 19.2 Å². The van der Waals surface area contributed by atoms with Crippen LogP contribution in [-0.2, 0) is 0 Å². The number of nitrogens with one attached hydrogen (secondary N) is 1. The van der Waals surface area contributed by atoms with Crippen molar-refractivity contribution in [1.82, 2.24) is 15.2 Å². The summed E-state index contributed by atoms with van der Waals surface area (Å²) in [5, 5.41) is 4.52. The van der Waals surface area contributed by atoms with Crippen LogP contribution >= 0.6 is 11.6 Å². The Morgan fingerprint density at radius 2 is 2.14 bits per heavy atom. The smallest absolute Gasteiger partial charge is 0.148 e. The molecule has 5 heteroatoms. The highest BCUT2D eigenvalue weighted by molar-refractivity contribution is 6.68. The lowest BCUT2D eigenvalue weighted by molar-refractivity contribution is 0.115. The van der Waals surface area contributed by atoms with Crippen molar-refractivity contribution in [3.05, 3.63) is 12.2 Å². The number of hydrogen-bond acceptors (Lipinski definition) is 4. The standard InChI is InChI=1S/C9H15ClN4/c1-13-4-6-14(7-5-13)9-3-2-8(10)11-12-9/h2-3,9,12H,4-7H2,1H3. The number of halogens is 1. The molecule has 0 saturated carbocycles. The molecule has 0 aromatic rings. The average Bonchev–Trinajstić information content (AvgIpc) is 2.21. The lowest BCUT2D eigenvalue weighted by Gasteiger charge is -2.36. The Hall–Kier alpha value is -0.580. The maximum Gasteiger partial charge on any atom is 0.148 e. The zero-order valence-corrected chi connectivity index (χ0v) is 9.04. The molecule has 1 unspecified atom stereocenters. The maximum atomic E-state index is 5.72. The van der Waals surface area contributed by atoms with Gasteiger partial charge in [-0.3, -0.25) is 10.3 Å². The number of likely N-dealkylation sites (N-methyl/N-ethyl adjacent to an activating group) is 1. The first kappa shape index (κ1) is 9.96. The molecule has 0 aromatic heterocycles. The fourth-order valence-electron chi connectivity index (χ4n) is 1.68. The van der Waals surface area contributed by atoms with Crippen LogP contribution in [-0.4, -0.2) is 54.4 Å². The number of allylic oxidation sites excluding steroid dienone is 1. The third-order valence-electron chi connectivity index (χ3n) is 2.65. The van der Waals surface area contributed by atoms with Crippen molar-refractivity contribution in [2.45, 2.75) is 6.17 Å². The normalized spacial score (nSPS) is 29.9. The van der Waals surface area contributed by atoms with Crippen LogP contribution < -0.4 is 5.43 Å². The SMILES string of the molecule is CN1CCN(C2C=CC(Cl)=NN2)CC1. The third kappa shape index (κ3) is 2.26. The first-order valence-electron chi connectivity index (χ1n) is 4.85. The maximum absolute atomic E-state index is 5.72. The molecule has 0 spiro atoms. The van der Waals surface area contributed by atoms with Crippen molar-refractivity contribution in [1.29, 1.82) is 0 Å². The molecule has 2 rings (SSSR count). The molecule has 0 radical (unpaired) electrons. The molecule has 1 N–H and O–H groups in total. The summed E-state index contributed by atoms with van der Waals surface area (Å²) < 4.78 is 0. The first-order valence-corrected chi connectivity index (χ1v) is 5.23. The molecular formula is C9H15ClN4. The van der Waals surface area contributed by atoms with Crippen LogP contribution in [0.2, 0.25) is 0 Å². The predicted molar refractivity (Wildman–Crippen MR) is 58.4 cm³/mol. The molecule has 0 aromatic carbocycles. The van der Waals surface area contributed by atoms with Gasteiger partial charge in [0.2, 0.25) is 0 Å². The minimum absolute atomic E-state index is 0.214. The van der Waals surface area contributed by atoms with E-state index >= 15 is 0 Å². The molecule has 1 saturated heterocycles. The molecule has 0 aliphatic carbocycles. The fraction of sp³-hybridized carbons (Fsp3) is 0.667. The zero-order valence-electron chi connectivity index (χ0n) is 8.28. The first-order chi connectivity index (χ1) is 6.75. The van der Waals surface area contributed by atoms with Crippen LogP contribution in [0, 0.1) is 0 Å². The molecule has 14 heavy (non-hydrogen) atoms. The third-order valence-corrected chi connectivity index (χ3v) is 2.86. The predicted octanol–water partition coefficient (Wildman–Crippen LogP) is 0.272. The van der Waals surface area contributed by atoms with Crippen LogP contribution in [0.15, 0.2) is 17.3 Å². The summed E-state index contributed by atoms with van der Waals surface area (Å²) in [6.45, 7) is 4.38. The number of hydrogen-bond donors (Lipinski definition) is 1. The molecule has 78 valence electrons. The Bertz CT molecular complexity index is 256. The molecule has 2 aliphatic heterocycles. The van der Waals surface area contributed by atoms with E-state index in [1.807, 2.05) is 6.08 Å². The van der Waals surface area contributed by atoms with Gasteiger partial charge < -0.3 is 4.90 Å². The minimum Gasteiger partial charge on any atom is -0.304 e. The van der Waals surface area contributed by atoms with E-state index in [-0.39, 0.29) is 6.17 Å². The van der Waals surface area contributed by atoms with E-state index in [0.717, 1.165) is 26.2 Å². The van der Waals surface area contributed by atoms with Crippen molar-refractivity contribution in [2.24, 2.45) is 5.10 Å². The highest BCUT2D eigenvalue weighted by Gasteiger charge is 2.21. The van der Waals surface area contributed by atoms with E-state index in [4.69, 9.17) is 11.6 Å². The Morgan fingerprint density at radius 3 is 2.71 bits per heavy atom. The van der Waals surface area contributed by atoms with Gasteiger partial charge in [-0.1, -0.05) is 11.6 Å². The molecule has 0 amide bonds.